The quantitative estimate of drug-likeness (QED) is 0.648. The fourth-order valence-corrected chi connectivity index (χ4v) is 1.51. The summed E-state index contributed by atoms with van der Waals surface area (Å²) < 4.78 is 7.63. The van der Waals surface area contributed by atoms with E-state index in [0.717, 1.165) is 4.68 Å². The number of fused-ring (bicyclic) bond motifs is 1. The van der Waals surface area contributed by atoms with Crippen LogP contribution in [0.1, 0.15) is 6.92 Å². The molecular formula is C10H13N5O4. The molecule has 0 aliphatic heterocycles. The first-order valence-corrected chi connectivity index (χ1v) is 5.52. The van der Waals surface area contributed by atoms with Crippen molar-refractivity contribution in [2.24, 2.45) is 0 Å². The van der Waals surface area contributed by atoms with Gasteiger partial charge in [0.1, 0.15) is 13.1 Å². The third-order valence-corrected chi connectivity index (χ3v) is 2.27. The molecule has 0 saturated heterocycles. The first-order valence-electron chi connectivity index (χ1n) is 5.52. The summed E-state index contributed by atoms with van der Waals surface area (Å²) in [6, 6.07) is 0. The summed E-state index contributed by atoms with van der Waals surface area (Å²) in [5, 5.41) is 8.61. The Kier molecular flexibility index (Phi) is 3.88. The zero-order valence-electron chi connectivity index (χ0n) is 10.2. The lowest BCUT2D eigenvalue weighted by molar-refractivity contribution is -0.115. The zero-order chi connectivity index (χ0) is 13.8. The number of hydrogen-bond donors (Lipinski definition) is 2. The molecule has 2 aromatic heterocycles. The minimum atomic E-state index is -0.471. The number of hydrogen-bond acceptors (Lipinski definition) is 6. The largest absolute Gasteiger partial charge is 0.394 e. The van der Waals surface area contributed by atoms with E-state index >= 15 is 0 Å². The molecule has 19 heavy (non-hydrogen) atoms. The molecule has 2 heterocycles. The average molecular weight is 267 g/mol. The van der Waals surface area contributed by atoms with E-state index in [1.165, 1.54) is 24.1 Å². The number of nitrogens with zero attached hydrogens (tertiary/aromatic N) is 4. The molecule has 0 saturated carbocycles. The van der Waals surface area contributed by atoms with Crippen molar-refractivity contribution < 1.29 is 14.6 Å². The maximum absolute atomic E-state index is 12.0. The van der Waals surface area contributed by atoms with Gasteiger partial charge in [0, 0.05) is 6.92 Å². The lowest BCUT2D eigenvalue weighted by Gasteiger charge is -2.06. The van der Waals surface area contributed by atoms with E-state index in [1.807, 2.05) is 0 Å². The Hall–Kier alpha value is -2.26. The van der Waals surface area contributed by atoms with E-state index in [0.29, 0.717) is 5.65 Å². The number of rotatable bonds is 5. The SMILES string of the molecule is CC(=O)Nn1cnc2c(ncn2COCCO)c1=O. The number of aliphatic hydroxyl groups excluding tert-OH is 1. The van der Waals surface area contributed by atoms with Crippen molar-refractivity contribution in [2.45, 2.75) is 13.7 Å². The van der Waals surface area contributed by atoms with Gasteiger partial charge in [-0.25, -0.2) is 14.6 Å². The van der Waals surface area contributed by atoms with Crippen molar-refractivity contribution in [3.05, 3.63) is 23.0 Å². The molecule has 2 aromatic rings. The van der Waals surface area contributed by atoms with Crippen LogP contribution in [-0.2, 0) is 16.3 Å². The van der Waals surface area contributed by atoms with Crippen LogP contribution in [0, 0.1) is 0 Å². The van der Waals surface area contributed by atoms with Crippen LogP contribution in [-0.4, -0.2) is 43.4 Å². The van der Waals surface area contributed by atoms with Gasteiger partial charge in [0.2, 0.25) is 5.91 Å². The number of nitrogens with one attached hydrogen (secondary N) is 1. The fraction of sp³-hybridized carbons (Fsp3) is 0.400. The van der Waals surface area contributed by atoms with Crippen molar-refractivity contribution in [1.29, 1.82) is 0 Å². The fourth-order valence-electron chi connectivity index (χ4n) is 1.51. The summed E-state index contributed by atoms with van der Waals surface area (Å²) in [4.78, 5) is 30.9. The smallest absolute Gasteiger partial charge is 0.300 e. The van der Waals surface area contributed by atoms with Gasteiger partial charge < -0.3 is 9.84 Å². The van der Waals surface area contributed by atoms with Gasteiger partial charge >= 0.3 is 0 Å². The Morgan fingerprint density at radius 3 is 2.95 bits per heavy atom. The Balaban J connectivity index is 2.32. The normalized spacial score (nSPS) is 10.8. The highest BCUT2D eigenvalue weighted by Crippen LogP contribution is 2.04. The van der Waals surface area contributed by atoms with E-state index in [4.69, 9.17) is 9.84 Å². The highest BCUT2D eigenvalue weighted by atomic mass is 16.5. The number of amides is 1. The molecule has 0 unspecified atom stereocenters. The number of ether oxygens (including phenoxy) is 1. The van der Waals surface area contributed by atoms with Gasteiger partial charge in [0.25, 0.3) is 5.56 Å². The summed E-state index contributed by atoms with van der Waals surface area (Å²) in [5.41, 5.74) is 2.32. The Morgan fingerprint density at radius 2 is 2.26 bits per heavy atom. The van der Waals surface area contributed by atoms with Crippen molar-refractivity contribution in [2.75, 3.05) is 18.6 Å². The predicted molar refractivity (Wildman–Crippen MR) is 64.9 cm³/mol. The summed E-state index contributed by atoms with van der Waals surface area (Å²) in [7, 11) is 0. The molecule has 0 bridgehead atoms. The van der Waals surface area contributed by atoms with Crippen LogP contribution in [0.3, 0.4) is 0 Å². The minimum Gasteiger partial charge on any atom is -0.394 e. The van der Waals surface area contributed by atoms with Gasteiger partial charge in [-0.1, -0.05) is 0 Å². The molecule has 1 amide bonds. The van der Waals surface area contributed by atoms with E-state index in [1.54, 1.807) is 0 Å². The first-order chi connectivity index (χ1) is 9.13. The lowest BCUT2D eigenvalue weighted by atomic mass is 10.5. The third kappa shape index (κ3) is 2.77. The monoisotopic (exact) mass is 267 g/mol. The second-order valence-corrected chi connectivity index (χ2v) is 3.74. The van der Waals surface area contributed by atoms with Gasteiger partial charge in [-0.15, -0.1) is 0 Å². The van der Waals surface area contributed by atoms with Gasteiger partial charge in [0.15, 0.2) is 11.2 Å². The van der Waals surface area contributed by atoms with Crippen molar-refractivity contribution >= 4 is 17.1 Å². The van der Waals surface area contributed by atoms with Crippen LogP contribution in [0.4, 0.5) is 0 Å². The summed E-state index contributed by atoms with van der Waals surface area (Å²) in [6.45, 7) is 1.52. The minimum absolute atomic E-state index is 0.0879. The molecule has 0 spiro atoms. The maximum atomic E-state index is 12.0. The highest BCUT2D eigenvalue weighted by molar-refractivity contribution is 5.81. The van der Waals surface area contributed by atoms with Crippen molar-refractivity contribution in [1.82, 2.24) is 19.2 Å². The van der Waals surface area contributed by atoms with E-state index in [2.05, 4.69) is 15.4 Å². The molecule has 0 fully saturated rings. The molecule has 9 heteroatoms. The Labute approximate surface area is 107 Å². The molecular weight excluding hydrogens is 254 g/mol. The molecule has 102 valence electrons. The first kappa shape index (κ1) is 13.2. The van der Waals surface area contributed by atoms with Crippen LogP contribution in [0.5, 0.6) is 0 Å². The van der Waals surface area contributed by atoms with Gasteiger partial charge in [-0.2, -0.15) is 0 Å². The summed E-state index contributed by atoms with van der Waals surface area (Å²) >= 11 is 0. The third-order valence-electron chi connectivity index (χ3n) is 2.27. The second-order valence-electron chi connectivity index (χ2n) is 3.74. The standard InChI is InChI=1S/C10H13N5O4/c1-7(17)13-15-5-12-9-8(10(15)18)11-4-14(9)6-19-3-2-16/h4-5,16H,2-3,6H2,1H3,(H,13,17). The summed E-state index contributed by atoms with van der Waals surface area (Å²) in [6.07, 6.45) is 2.62. The molecule has 0 aliphatic carbocycles. The number of carbonyl (C=O) groups excluding carboxylic acids is 1. The van der Waals surface area contributed by atoms with Gasteiger partial charge in [0.05, 0.1) is 19.5 Å². The number of carbonyl (C=O) groups is 1. The van der Waals surface area contributed by atoms with Crippen LogP contribution >= 0.6 is 0 Å². The van der Waals surface area contributed by atoms with Crippen LogP contribution in [0.25, 0.3) is 11.2 Å². The van der Waals surface area contributed by atoms with Crippen molar-refractivity contribution in [3.63, 3.8) is 0 Å². The predicted octanol–water partition coefficient (Wildman–Crippen LogP) is -1.35. The van der Waals surface area contributed by atoms with E-state index in [-0.39, 0.29) is 31.4 Å². The molecule has 0 radical (unpaired) electrons. The number of aromatic nitrogens is 4. The van der Waals surface area contributed by atoms with Crippen LogP contribution in [0.2, 0.25) is 0 Å². The molecule has 0 aliphatic rings. The maximum Gasteiger partial charge on any atom is 0.300 e. The number of imidazole rings is 1. The summed E-state index contributed by atoms with van der Waals surface area (Å²) in [5.74, 6) is -0.381. The average Bonchev–Trinajstić information content (AvgIpc) is 2.77. The lowest BCUT2D eigenvalue weighted by Crippen LogP contribution is -2.32. The topological polar surface area (TPSA) is 111 Å². The molecule has 0 atom stereocenters. The Morgan fingerprint density at radius 1 is 1.47 bits per heavy atom. The van der Waals surface area contributed by atoms with E-state index in [9.17, 15) is 9.59 Å². The molecule has 9 nitrogen and oxygen atoms in total. The Bertz CT molecular complexity index is 647. The molecule has 2 N–H and O–H groups in total. The molecule has 2 rings (SSSR count). The second kappa shape index (κ2) is 5.59. The van der Waals surface area contributed by atoms with Crippen LogP contribution < -0.4 is 11.0 Å². The number of aliphatic hydroxyl groups is 1. The zero-order valence-corrected chi connectivity index (χ0v) is 10.2. The van der Waals surface area contributed by atoms with Crippen LogP contribution in [0.15, 0.2) is 17.4 Å². The van der Waals surface area contributed by atoms with Gasteiger partial charge in [-0.3, -0.25) is 19.6 Å². The van der Waals surface area contributed by atoms with E-state index < -0.39 is 5.56 Å². The van der Waals surface area contributed by atoms with Gasteiger partial charge in [-0.05, 0) is 0 Å². The highest BCUT2D eigenvalue weighted by Gasteiger charge is 2.10. The van der Waals surface area contributed by atoms with Crippen molar-refractivity contribution in [3.8, 4) is 0 Å². The molecule has 0 aromatic carbocycles.